The Balaban J connectivity index is 2.33. The molecule has 1 fully saturated rings. The van der Waals surface area contributed by atoms with Gasteiger partial charge in [-0.1, -0.05) is 0 Å². The van der Waals surface area contributed by atoms with Crippen molar-refractivity contribution in [3.8, 4) is 6.07 Å². The molecule has 0 radical (unpaired) electrons. The van der Waals surface area contributed by atoms with Crippen molar-refractivity contribution in [2.45, 2.75) is 25.8 Å². The number of aryl methyl sites for hydroxylation is 2. The number of anilines is 1. The number of nitriles is 1. The molecule has 2 heterocycles. The van der Waals surface area contributed by atoms with Gasteiger partial charge in [0, 0.05) is 26.2 Å². The van der Waals surface area contributed by atoms with Crippen molar-refractivity contribution >= 4 is 5.82 Å². The molecular weight excluding hydrogens is 226 g/mol. The lowest BCUT2D eigenvalue weighted by atomic mass is 10.2. The third kappa shape index (κ3) is 2.21. The normalized spacial score (nSPS) is 19.6. The highest BCUT2D eigenvalue weighted by Gasteiger charge is 2.30. The fourth-order valence-electron chi connectivity index (χ4n) is 2.83. The standard InChI is InChI=1S/C13H21N5/c1-10-12(8-14)13(17(4)15-10)18-7-5-6-11(18)9-16(2)3/h11H,5-7,9H2,1-4H3. The van der Waals surface area contributed by atoms with E-state index in [1.54, 1.807) is 0 Å². The highest BCUT2D eigenvalue weighted by atomic mass is 15.4. The van der Waals surface area contributed by atoms with Crippen molar-refractivity contribution in [2.24, 2.45) is 7.05 Å². The fourth-order valence-corrected chi connectivity index (χ4v) is 2.83. The summed E-state index contributed by atoms with van der Waals surface area (Å²) in [6.45, 7) is 3.94. The molecule has 5 heteroatoms. The van der Waals surface area contributed by atoms with E-state index < -0.39 is 0 Å². The molecule has 0 amide bonds. The lowest BCUT2D eigenvalue weighted by Crippen LogP contribution is -2.38. The smallest absolute Gasteiger partial charge is 0.145 e. The summed E-state index contributed by atoms with van der Waals surface area (Å²) in [5, 5.41) is 13.7. The molecule has 0 spiro atoms. The van der Waals surface area contributed by atoms with Crippen LogP contribution in [-0.4, -0.2) is 47.9 Å². The summed E-state index contributed by atoms with van der Waals surface area (Å²) in [5.74, 6) is 0.986. The molecule has 0 aliphatic carbocycles. The zero-order valence-electron chi connectivity index (χ0n) is 11.6. The largest absolute Gasteiger partial charge is 0.351 e. The van der Waals surface area contributed by atoms with Crippen LogP contribution in [0.5, 0.6) is 0 Å². The van der Waals surface area contributed by atoms with Gasteiger partial charge in [0.25, 0.3) is 0 Å². The first-order valence-corrected chi connectivity index (χ1v) is 6.39. The van der Waals surface area contributed by atoms with E-state index in [-0.39, 0.29) is 0 Å². The molecule has 1 aliphatic rings. The van der Waals surface area contributed by atoms with E-state index in [1.807, 2.05) is 18.7 Å². The molecule has 0 N–H and O–H groups in total. The van der Waals surface area contributed by atoms with Crippen LogP contribution in [0.1, 0.15) is 24.1 Å². The lowest BCUT2D eigenvalue weighted by molar-refractivity contribution is 0.370. The molecule has 1 saturated heterocycles. The van der Waals surface area contributed by atoms with Crippen LogP contribution in [-0.2, 0) is 7.05 Å². The van der Waals surface area contributed by atoms with Crippen molar-refractivity contribution in [1.82, 2.24) is 14.7 Å². The van der Waals surface area contributed by atoms with Gasteiger partial charge in [-0.2, -0.15) is 10.4 Å². The Morgan fingerprint density at radius 2 is 2.22 bits per heavy atom. The van der Waals surface area contributed by atoms with Gasteiger partial charge in [-0.25, -0.2) is 0 Å². The van der Waals surface area contributed by atoms with Gasteiger partial charge in [0.2, 0.25) is 0 Å². The minimum Gasteiger partial charge on any atom is -0.351 e. The van der Waals surface area contributed by atoms with Gasteiger partial charge in [-0.3, -0.25) is 4.68 Å². The maximum atomic E-state index is 9.30. The molecule has 0 aromatic carbocycles. The maximum Gasteiger partial charge on any atom is 0.145 e. The maximum absolute atomic E-state index is 9.30. The van der Waals surface area contributed by atoms with Crippen LogP contribution in [0.4, 0.5) is 5.82 Å². The van der Waals surface area contributed by atoms with E-state index >= 15 is 0 Å². The van der Waals surface area contributed by atoms with Crippen molar-refractivity contribution in [3.63, 3.8) is 0 Å². The van der Waals surface area contributed by atoms with Gasteiger partial charge in [-0.05, 0) is 33.9 Å². The Bertz CT molecular complexity index is 468. The summed E-state index contributed by atoms with van der Waals surface area (Å²) >= 11 is 0. The molecule has 18 heavy (non-hydrogen) atoms. The Morgan fingerprint density at radius 1 is 1.50 bits per heavy atom. The van der Waals surface area contributed by atoms with Gasteiger partial charge >= 0.3 is 0 Å². The zero-order chi connectivity index (χ0) is 13.3. The van der Waals surface area contributed by atoms with E-state index in [1.165, 1.54) is 12.8 Å². The number of rotatable bonds is 3. The monoisotopic (exact) mass is 247 g/mol. The lowest BCUT2D eigenvalue weighted by Gasteiger charge is -2.28. The molecule has 1 aromatic rings. The zero-order valence-corrected chi connectivity index (χ0v) is 11.6. The van der Waals surface area contributed by atoms with Gasteiger partial charge in [-0.15, -0.1) is 0 Å². The summed E-state index contributed by atoms with van der Waals surface area (Å²) in [6.07, 6.45) is 2.38. The number of hydrogen-bond donors (Lipinski definition) is 0. The molecule has 1 aliphatic heterocycles. The van der Waals surface area contributed by atoms with Gasteiger partial charge in [0.15, 0.2) is 0 Å². The summed E-state index contributed by atoms with van der Waals surface area (Å²) < 4.78 is 1.85. The highest BCUT2D eigenvalue weighted by molar-refractivity contribution is 5.58. The van der Waals surface area contributed by atoms with Gasteiger partial charge in [0.1, 0.15) is 17.5 Å². The van der Waals surface area contributed by atoms with Crippen LogP contribution in [0.2, 0.25) is 0 Å². The minimum atomic E-state index is 0.488. The Labute approximate surface area is 109 Å². The number of hydrogen-bond acceptors (Lipinski definition) is 4. The SMILES string of the molecule is Cc1nn(C)c(N2CCCC2CN(C)C)c1C#N. The second-order valence-electron chi connectivity index (χ2n) is 5.27. The first-order valence-electron chi connectivity index (χ1n) is 6.39. The fraction of sp³-hybridized carbons (Fsp3) is 0.692. The molecule has 98 valence electrons. The van der Waals surface area contributed by atoms with Crippen LogP contribution in [0, 0.1) is 18.3 Å². The van der Waals surface area contributed by atoms with E-state index in [0.717, 1.165) is 30.2 Å². The molecule has 0 bridgehead atoms. The Hall–Kier alpha value is -1.54. The second-order valence-corrected chi connectivity index (χ2v) is 5.27. The summed E-state index contributed by atoms with van der Waals surface area (Å²) in [4.78, 5) is 4.55. The first-order chi connectivity index (χ1) is 8.54. The van der Waals surface area contributed by atoms with E-state index in [9.17, 15) is 5.26 Å². The molecule has 0 saturated carbocycles. The Kier molecular flexibility index (Phi) is 3.58. The molecule has 2 rings (SSSR count). The average Bonchev–Trinajstić information content (AvgIpc) is 2.81. The van der Waals surface area contributed by atoms with Gasteiger partial charge < -0.3 is 9.80 Å². The van der Waals surface area contributed by atoms with E-state index in [4.69, 9.17) is 0 Å². The topological polar surface area (TPSA) is 48.1 Å². The van der Waals surface area contributed by atoms with Crippen LogP contribution in [0.15, 0.2) is 0 Å². The molecule has 1 atom stereocenters. The van der Waals surface area contributed by atoms with Crippen LogP contribution in [0.25, 0.3) is 0 Å². The number of likely N-dealkylation sites (N-methyl/N-ethyl adjacent to an activating group) is 1. The minimum absolute atomic E-state index is 0.488. The predicted octanol–water partition coefficient (Wildman–Crippen LogP) is 1.13. The highest BCUT2D eigenvalue weighted by Crippen LogP contribution is 2.29. The first kappa shape index (κ1) is 12.9. The third-order valence-corrected chi connectivity index (χ3v) is 3.53. The number of aromatic nitrogens is 2. The van der Waals surface area contributed by atoms with Crippen molar-refractivity contribution < 1.29 is 0 Å². The van der Waals surface area contributed by atoms with Crippen molar-refractivity contribution in [1.29, 1.82) is 5.26 Å². The summed E-state index contributed by atoms with van der Waals surface area (Å²) in [6, 6.07) is 2.78. The van der Waals surface area contributed by atoms with Crippen molar-refractivity contribution in [3.05, 3.63) is 11.3 Å². The average molecular weight is 247 g/mol. The number of nitrogens with zero attached hydrogens (tertiary/aromatic N) is 5. The molecule has 1 aromatic heterocycles. The van der Waals surface area contributed by atoms with Crippen LogP contribution >= 0.6 is 0 Å². The van der Waals surface area contributed by atoms with Crippen LogP contribution < -0.4 is 4.90 Å². The van der Waals surface area contributed by atoms with E-state index in [0.29, 0.717) is 6.04 Å². The third-order valence-electron chi connectivity index (χ3n) is 3.53. The Morgan fingerprint density at radius 3 is 2.83 bits per heavy atom. The molecular formula is C13H21N5. The molecule has 1 unspecified atom stereocenters. The summed E-state index contributed by atoms with van der Waals surface area (Å²) in [7, 11) is 6.11. The second kappa shape index (κ2) is 4.99. The van der Waals surface area contributed by atoms with Crippen LogP contribution in [0.3, 0.4) is 0 Å². The molecule has 5 nitrogen and oxygen atoms in total. The predicted molar refractivity (Wildman–Crippen MR) is 71.6 cm³/mol. The quantitative estimate of drug-likeness (QED) is 0.803. The van der Waals surface area contributed by atoms with E-state index in [2.05, 4.69) is 35.1 Å². The van der Waals surface area contributed by atoms with Gasteiger partial charge in [0.05, 0.1) is 5.69 Å². The summed E-state index contributed by atoms with van der Waals surface area (Å²) in [5.41, 5.74) is 1.55. The van der Waals surface area contributed by atoms with Crippen molar-refractivity contribution in [2.75, 3.05) is 32.1 Å².